The molecule has 0 heterocycles. The van der Waals surface area contributed by atoms with E-state index in [1.54, 1.807) is 0 Å². The van der Waals surface area contributed by atoms with E-state index in [1.165, 1.54) is 0 Å². The van der Waals surface area contributed by atoms with Crippen LogP contribution >= 0.6 is 27.7 Å². The summed E-state index contributed by atoms with van der Waals surface area (Å²) in [7, 11) is 0. The van der Waals surface area contributed by atoms with Gasteiger partial charge in [0.15, 0.2) is 0 Å². The number of rotatable bonds is 8. The molecular weight excluding hydrogens is 312 g/mol. The van der Waals surface area contributed by atoms with Crippen LogP contribution in [0.15, 0.2) is 28.7 Å². The fraction of sp³-hybridized carbons (Fsp3) is 0.500. The molecule has 0 amide bonds. The van der Waals surface area contributed by atoms with E-state index in [2.05, 4.69) is 22.9 Å². The third-order valence-corrected chi connectivity index (χ3v) is 4.30. The van der Waals surface area contributed by atoms with Gasteiger partial charge in [-0.3, -0.25) is 4.79 Å². The van der Waals surface area contributed by atoms with Gasteiger partial charge in [0.05, 0.1) is 5.92 Å². The molecule has 0 saturated heterocycles. The quantitative estimate of drug-likeness (QED) is 0.725. The van der Waals surface area contributed by atoms with Crippen molar-refractivity contribution in [3.63, 3.8) is 0 Å². The van der Waals surface area contributed by atoms with Gasteiger partial charge in [0.2, 0.25) is 0 Å². The molecular formula is C14H19BrO2S. The van der Waals surface area contributed by atoms with Crippen molar-refractivity contribution in [2.45, 2.75) is 26.2 Å². The summed E-state index contributed by atoms with van der Waals surface area (Å²) in [6, 6.07) is 7.89. The van der Waals surface area contributed by atoms with Gasteiger partial charge in [0.25, 0.3) is 0 Å². The van der Waals surface area contributed by atoms with Crippen molar-refractivity contribution in [1.29, 1.82) is 0 Å². The van der Waals surface area contributed by atoms with Crippen molar-refractivity contribution in [3.8, 4) is 0 Å². The molecule has 1 N–H and O–H groups in total. The smallest absolute Gasteiger partial charge is 0.306 e. The molecule has 0 aliphatic carbocycles. The van der Waals surface area contributed by atoms with Crippen molar-refractivity contribution in [2.75, 3.05) is 11.5 Å². The first kappa shape index (κ1) is 15.6. The maximum Gasteiger partial charge on any atom is 0.306 e. The number of aliphatic carboxylic acids is 1. The third kappa shape index (κ3) is 5.91. The van der Waals surface area contributed by atoms with Gasteiger partial charge in [0.1, 0.15) is 0 Å². The van der Waals surface area contributed by atoms with Gasteiger partial charge in [-0.2, -0.15) is 11.8 Å². The summed E-state index contributed by atoms with van der Waals surface area (Å²) in [5.41, 5.74) is 1.09. The molecule has 2 nitrogen and oxygen atoms in total. The van der Waals surface area contributed by atoms with Crippen LogP contribution in [0.2, 0.25) is 0 Å². The summed E-state index contributed by atoms with van der Waals surface area (Å²) in [5.74, 6) is 1.22. The second kappa shape index (κ2) is 8.59. The predicted molar refractivity (Wildman–Crippen MR) is 81.2 cm³/mol. The van der Waals surface area contributed by atoms with Gasteiger partial charge >= 0.3 is 5.97 Å². The van der Waals surface area contributed by atoms with Crippen LogP contribution in [0, 0.1) is 5.92 Å². The van der Waals surface area contributed by atoms with Crippen LogP contribution in [0.1, 0.15) is 25.3 Å². The zero-order valence-electron chi connectivity index (χ0n) is 10.6. The summed E-state index contributed by atoms with van der Waals surface area (Å²) in [5, 5.41) is 9.23. The maximum absolute atomic E-state index is 11.2. The number of halogens is 1. The molecule has 0 aliphatic heterocycles. The molecule has 18 heavy (non-hydrogen) atoms. The Hall–Kier alpha value is -0.480. The summed E-state index contributed by atoms with van der Waals surface area (Å²) in [6.07, 6.45) is 2.36. The average Bonchev–Trinajstić information content (AvgIpc) is 2.35. The van der Waals surface area contributed by atoms with Crippen LogP contribution in [0.5, 0.6) is 0 Å². The van der Waals surface area contributed by atoms with Crippen LogP contribution in [0.25, 0.3) is 0 Å². The summed E-state index contributed by atoms with van der Waals surface area (Å²) in [6.45, 7) is 2.13. The van der Waals surface area contributed by atoms with E-state index in [0.29, 0.717) is 6.42 Å². The van der Waals surface area contributed by atoms with Gasteiger partial charge in [-0.05, 0) is 48.5 Å². The first-order valence-corrected chi connectivity index (χ1v) is 8.13. The minimum absolute atomic E-state index is 0.261. The Bertz CT molecular complexity index is 365. The highest BCUT2D eigenvalue weighted by Crippen LogP contribution is 2.18. The summed E-state index contributed by atoms with van der Waals surface area (Å²) >= 11 is 5.25. The lowest BCUT2D eigenvalue weighted by atomic mass is 9.95. The maximum atomic E-state index is 11.2. The van der Waals surface area contributed by atoms with E-state index in [-0.39, 0.29) is 5.92 Å². The first-order chi connectivity index (χ1) is 8.63. The lowest BCUT2D eigenvalue weighted by molar-refractivity contribution is -0.141. The second-order valence-corrected chi connectivity index (χ2v) is 6.51. The molecule has 1 unspecified atom stereocenters. The van der Waals surface area contributed by atoms with Crippen molar-refractivity contribution in [2.24, 2.45) is 5.92 Å². The van der Waals surface area contributed by atoms with Gasteiger partial charge in [-0.15, -0.1) is 0 Å². The van der Waals surface area contributed by atoms with Crippen molar-refractivity contribution in [3.05, 3.63) is 34.3 Å². The Kier molecular flexibility index (Phi) is 7.44. The number of thioether (sulfide) groups is 1. The van der Waals surface area contributed by atoms with Crippen LogP contribution < -0.4 is 0 Å². The number of carboxylic acids is 1. The fourth-order valence-electron chi connectivity index (χ4n) is 1.79. The lowest BCUT2D eigenvalue weighted by Crippen LogP contribution is -2.16. The Morgan fingerprint density at radius 2 is 2.06 bits per heavy atom. The van der Waals surface area contributed by atoms with Gasteiger partial charge < -0.3 is 5.11 Å². The number of hydrogen-bond donors (Lipinski definition) is 1. The molecule has 100 valence electrons. The standard InChI is InChI=1S/C14H19BrO2S/c1-2-18-9-3-4-12(14(16)17)10-11-5-7-13(15)8-6-11/h5-8,12H,2-4,9-10H2,1H3,(H,16,17). The fourth-order valence-corrected chi connectivity index (χ4v) is 2.72. The highest BCUT2D eigenvalue weighted by atomic mass is 79.9. The minimum atomic E-state index is -0.681. The monoisotopic (exact) mass is 330 g/mol. The van der Waals surface area contributed by atoms with Gasteiger partial charge in [0, 0.05) is 4.47 Å². The SMILES string of the molecule is CCSCCCC(Cc1ccc(Br)cc1)C(=O)O. The van der Waals surface area contributed by atoms with E-state index >= 15 is 0 Å². The highest BCUT2D eigenvalue weighted by molar-refractivity contribution is 9.10. The molecule has 1 aromatic carbocycles. The molecule has 4 heteroatoms. The van der Waals surface area contributed by atoms with E-state index in [9.17, 15) is 9.90 Å². The Morgan fingerprint density at radius 1 is 1.39 bits per heavy atom. The van der Waals surface area contributed by atoms with E-state index in [0.717, 1.165) is 34.4 Å². The van der Waals surface area contributed by atoms with Crippen LogP contribution in [-0.4, -0.2) is 22.6 Å². The van der Waals surface area contributed by atoms with Crippen molar-refractivity contribution in [1.82, 2.24) is 0 Å². The lowest BCUT2D eigenvalue weighted by Gasteiger charge is -2.12. The predicted octanol–water partition coefficient (Wildman–Crippen LogP) is 4.23. The third-order valence-electron chi connectivity index (χ3n) is 2.79. The topological polar surface area (TPSA) is 37.3 Å². The second-order valence-electron chi connectivity index (χ2n) is 4.20. The Labute approximate surface area is 121 Å². The van der Waals surface area contributed by atoms with E-state index in [1.807, 2.05) is 36.0 Å². The molecule has 0 aromatic heterocycles. The zero-order valence-corrected chi connectivity index (χ0v) is 13.0. The number of carboxylic acid groups (broad SMARTS) is 1. The molecule has 0 fully saturated rings. The molecule has 1 atom stereocenters. The minimum Gasteiger partial charge on any atom is -0.481 e. The zero-order chi connectivity index (χ0) is 13.4. The van der Waals surface area contributed by atoms with Gasteiger partial charge in [-0.25, -0.2) is 0 Å². The van der Waals surface area contributed by atoms with Crippen molar-refractivity contribution >= 4 is 33.7 Å². The molecule has 0 saturated carbocycles. The summed E-state index contributed by atoms with van der Waals surface area (Å²) < 4.78 is 1.03. The van der Waals surface area contributed by atoms with E-state index in [4.69, 9.17) is 0 Å². The summed E-state index contributed by atoms with van der Waals surface area (Å²) in [4.78, 5) is 11.2. The molecule has 0 spiro atoms. The van der Waals surface area contributed by atoms with Crippen LogP contribution in [0.4, 0.5) is 0 Å². The Morgan fingerprint density at radius 3 is 2.61 bits per heavy atom. The normalized spacial score (nSPS) is 12.3. The molecule has 0 radical (unpaired) electrons. The average molecular weight is 331 g/mol. The highest BCUT2D eigenvalue weighted by Gasteiger charge is 2.17. The number of hydrogen-bond acceptors (Lipinski definition) is 2. The van der Waals surface area contributed by atoms with Crippen LogP contribution in [0.3, 0.4) is 0 Å². The number of carbonyl (C=O) groups is 1. The van der Waals surface area contributed by atoms with Gasteiger partial charge in [-0.1, -0.05) is 35.0 Å². The molecule has 0 bridgehead atoms. The van der Waals surface area contributed by atoms with Crippen molar-refractivity contribution < 1.29 is 9.90 Å². The Balaban J connectivity index is 2.47. The molecule has 0 aliphatic rings. The molecule has 1 aromatic rings. The van der Waals surface area contributed by atoms with Crippen LogP contribution in [-0.2, 0) is 11.2 Å². The molecule has 1 rings (SSSR count). The number of benzene rings is 1. The van der Waals surface area contributed by atoms with E-state index < -0.39 is 5.97 Å². The first-order valence-electron chi connectivity index (χ1n) is 6.18. The largest absolute Gasteiger partial charge is 0.481 e.